The van der Waals surface area contributed by atoms with Crippen molar-refractivity contribution in [3.8, 4) is 0 Å². The Morgan fingerprint density at radius 3 is 3.14 bits per heavy atom. The van der Waals surface area contributed by atoms with Crippen molar-refractivity contribution >= 4 is 5.69 Å². The zero-order valence-electron chi connectivity index (χ0n) is 7.98. The normalized spacial score (nSPS) is 22.1. The standard InChI is InChI=1S/C10H14N2O2/c11-9-4-1-5-12(10(9)13)8-3-2-6-14-7-8/h1,4-5,8H,2-3,6-7,11H2/t8-/m0/s1. The third kappa shape index (κ3) is 1.65. The molecule has 1 atom stereocenters. The van der Waals surface area contributed by atoms with Gasteiger partial charge in [-0.2, -0.15) is 0 Å². The lowest BCUT2D eigenvalue weighted by Gasteiger charge is -2.24. The highest BCUT2D eigenvalue weighted by Crippen LogP contribution is 2.17. The molecule has 1 aliphatic heterocycles. The maximum absolute atomic E-state index is 11.7. The lowest BCUT2D eigenvalue weighted by molar-refractivity contribution is 0.0581. The Hall–Kier alpha value is -1.29. The fourth-order valence-electron chi connectivity index (χ4n) is 1.76. The molecule has 4 nitrogen and oxygen atoms in total. The van der Waals surface area contributed by atoms with Gasteiger partial charge in [-0.1, -0.05) is 0 Å². The van der Waals surface area contributed by atoms with E-state index in [9.17, 15) is 4.79 Å². The molecule has 1 aromatic rings. The summed E-state index contributed by atoms with van der Waals surface area (Å²) in [6.07, 6.45) is 3.77. The Morgan fingerprint density at radius 2 is 2.43 bits per heavy atom. The summed E-state index contributed by atoms with van der Waals surface area (Å²) in [6, 6.07) is 3.58. The molecule has 0 amide bonds. The molecule has 1 fully saturated rings. The fourth-order valence-corrected chi connectivity index (χ4v) is 1.76. The van der Waals surface area contributed by atoms with Gasteiger partial charge in [0.1, 0.15) is 0 Å². The van der Waals surface area contributed by atoms with E-state index in [1.54, 1.807) is 22.9 Å². The van der Waals surface area contributed by atoms with Gasteiger partial charge in [-0.3, -0.25) is 4.79 Å². The van der Waals surface area contributed by atoms with Crippen molar-refractivity contribution < 1.29 is 4.74 Å². The second-order valence-corrected chi connectivity index (χ2v) is 3.55. The van der Waals surface area contributed by atoms with E-state index in [0.717, 1.165) is 19.4 Å². The molecule has 2 N–H and O–H groups in total. The first-order valence-corrected chi connectivity index (χ1v) is 4.83. The first-order chi connectivity index (χ1) is 6.79. The molecule has 14 heavy (non-hydrogen) atoms. The number of hydrogen-bond donors (Lipinski definition) is 1. The summed E-state index contributed by atoms with van der Waals surface area (Å²) in [5.41, 5.74) is 5.75. The zero-order valence-corrected chi connectivity index (χ0v) is 7.98. The van der Waals surface area contributed by atoms with Crippen LogP contribution in [-0.2, 0) is 4.74 Å². The second-order valence-electron chi connectivity index (χ2n) is 3.55. The van der Waals surface area contributed by atoms with Gasteiger partial charge in [-0.05, 0) is 25.0 Å². The monoisotopic (exact) mass is 194 g/mol. The summed E-state index contributed by atoms with van der Waals surface area (Å²) >= 11 is 0. The number of aromatic nitrogens is 1. The van der Waals surface area contributed by atoms with Crippen molar-refractivity contribution in [1.29, 1.82) is 0 Å². The third-order valence-corrected chi connectivity index (χ3v) is 2.53. The van der Waals surface area contributed by atoms with Gasteiger partial charge in [0.2, 0.25) is 0 Å². The van der Waals surface area contributed by atoms with Gasteiger partial charge in [0.05, 0.1) is 18.3 Å². The molecular weight excluding hydrogens is 180 g/mol. The number of nitrogens with zero attached hydrogens (tertiary/aromatic N) is 1. The molecule has 1 saturated heterocycles. The minimum atomic E-state index is -0.108. The number of nitrogens with two attached hydrogens (primary N) is 1. The first-order valence-electron chi connectivity index (χ1n) is 4.83. The highest BCUT2D eigenvalue weighted by atomic mass is 16.5. The minimum Gasteiger partial charge on any atom is -0.394 e. The van der Waals surface area contributed by atoms with Gasteiger partial charge < -0.3 is 15.0 Å². The summed E-state index contributed by atoms with van der Waals surface area (Å²) in [7, 11) is 0. The van der Waals surface area contributed by atoms with E-state index in [1.807, 2.05) is 0 Å². The first kappa shape index (κ1) is 9.27. The van der Waals surface area contributed by atoms with Gasteiger partial charge in [-0.15, -0.1) is 0 Å². The van der Waals surface area contributed by atoms with Crippen molar-refractivity contribution in [2.45, 2.75) is 18.9 Å². The Labute approximate surface area is 82.3 Å². The van der Waals surface area contributed by atoms with E-state index >= 15 is 0 Å². The third-order valence-electron chi connectivity index (χ3n) is 2.53. The Morgan fingerprint density at radius 1 is 1.57 bits per heavy atom. The van der Waals surface area contributed by atoms with Gasteiger partial charge in [-0.25, -0.2) is 0 Å². The molecular formula is C10H14N2O2. The summed E-state index contributed by atoms with van der Waals surface area (Å²) in [6.45, 7) is 1.41. The van der Waals surface area contributed by atoms with Crippen molar-refractivity contribution in [1.82, 2.24) is 4.57 Å². The molecule has 2 rings (SSSR count). The smallest absolute Gasteiger partial charge is 0.273 e. The predicted octanol–water partition coefficient (Wildman–Crippen LogP) is 0.782. The number of pyridine rings is 1. The molecule has 0 unspecified atom stereocenters. The van der Waals surface area contributed by atoms with Crippen LogP contribution in [0.2, 0.25) is 0 Å². The number of nitrogen functional groups attached to an aromatic ring is 1. The Balaban J connectivity index is 2.31. The van der Waals surface area contributed by atoms with Crippen molar-refractivity contribution in [2.75, 3.05) is 18.9 Å². The minimum absolute atomic E-state index is 0.108. The number of ether oxygens (including phenoxy) is 1. The van der Waals surface area contributed by atoms with Crippen LogP contribution >= 0.6 is 0 Å². The van der Waals surface area contributed by atoms with Gasteiger partial charge >= 0.3 is 0 Å². The van der Waals surface area contributed by atoms with Crippen LogP contribution in [0.3, 0.4) is 0 Å². The molecule has 0 spiro atoms. The largest absolute Gasteiger partial charge is 0.394 e. The highest BCUT2D eigenvalue weighted by Gasteiger charge is 2.16. The average molecular weight is 194 g/mol. The molecule has 0 aromatic carbocycles. The van der Waals surface area contributed by atoms with Crippen LogP contribution in [-0.4, -0.2) is 17.8 Å². The van der Waals surface area contributed by atoms with Crippen molar-refractivity contribution in [2.24, 2.45) is 0 Å². The van der Waals surface area contributed by atoms with Crippen LogP contribution < -0.4 is 11.3 Å². The van der Waals surface area contributed by atoms with Crippen LogP contribution in [0.4, 0.5) is 5.69 Å². The molecule has 0 bridgehead atoms. The highest BCUT2D eigenvalue weighted by molar-refractivity contribution is 5.33. The number of hydrogen-bond acceptors (Lipinski definition) is 3. The van der Waals surface area contributed by atoms with E-state index < -0.39 is 0 Å². The molecule has 0 radical (unpaired) electrons. The average Bonchev–Trinajstić information content (AvgIpc) is 2.23. The van der Waals surface area contributed by atoms with Crippen LogP contribution in [0.15, 0.2) is 23.1 Å². The lowest BCUT2D eigenvalue weighted by Crippen LogP contribution is -2.31. The lowest BCUT2D eigenvalue weighted by atomic mass is 10.1. The van der Waals surface area contributed by atoms with E-state index in [2.05, 4.69) is 0 Å². The van der Waals surface area contributed by atoms with E-state index in [4.69, 9.17) is 10.5 Å². The zero-order chi connectivity index (χ0) is 9.97. The summed E-state index contributed by atoms with van der Waals surface area (Å²) in [4.78, 5) is 11.7. The molecule has 1 aliphatic rings. The molecule has 76 valence electrons. The topological polar surface area (TPSA) is 57.2 Å². The van der Waals surface area contributed by atoms with E-state index in [1.165, 1.54) is 0 Å². The number of rotatable bonds is 1. The second kappa shape index (κ2) is 3.84. The molecule has 0 saturated carbocycles. The van der Waals surface area contributed by atoms with Crippen molar-refractivity contribution in [3.05, 3.63) is 28.7 Å². The molecule has 1 aromatic heterocycles. The van der Waals surface area contributed by atoms with Gasteiger partial charge in [0.15, 0.2) is 0 Å². The van der Waals surface area contributed by atoms with Crippen LogP contribution in [0.5, 0.6) is 0 Å². The summed E-state index contributed by atoms with van der Waals surface area (Å²) in [5, 5.41) is 0. The summed E-state index contributed by atoms with van der Waals surface area (Å²) in [5.74, 6) is 0. The maximum atomic E-state index is 11.7. The Kier molecular flexibility index (Phi) is 2.54. The predicted molar refractivity (Wildman–Crippen MR) is 54.2 cm³/mol. The maximum Gasteiger partial charge on any atom is 0.273 e. The Bertz CT molecular complexity index is 367. The van der Waals surface area contributed by atoms with Gasteiger partial charge in [0.25, 0.3) is 5.56 Å². The summed E-state index contributed by atoms with van der Waals surface area (Å²) < 4.78 is 7.01. The van der Waals surface area contributed by atoms with Crippen molar-refractivity contribution in [3.63, 3.8) is 0 Å². The van der Waals surface area contributed by atoms with E-state index in [-0.39, 0.29) is 11.6 Å². The molecule has 2 heterocycles. The van der Waals surface area contributed by atoms with Crippen LogP contribution in [0.1, 0.15) is 18.9 Å². The fraction of sp³-hybridized carbons (Fsp3) is 0.500. The van der Waals surface area contributed by atoms with Gasteiger partial charge in [0, 0.05) is 12.8 Å². The molecule has 4 heteroatoms. The van der Waals surface area contributed by atoms with Crippen LogP contribution in [0.25, 0.3) is 0 Å². The number of anilines is 1. The molecule has 0 aliphatic carbocycles. The van der Waals surface area contributed by atoms with E-state index in [0.29, 0.717) is 12.3 Å². The quantitative estimate of drug-likeness (QED) is 0.718. The SMILES string of the molecule is Nc1cccn([C@H]2CCCOC2)c1=O. The van der Waals surface area contributed by atoms with Crippen LogP contribution in [0, 0.1) is 0 Å².